The van der Waals surface area contributed by atoms with Crippen LogP contribution in [0.25, 0.3) is 0 Å². The zero-order chi connectivity index (χ0) is 14.4. The Labute approximate surface area is 114 Å². The number of carbonyl (C=O) groups excluding carboxylic acids is 1. The number of benzene rings is 1. The van der Waals surface area contributed by atoms with Gasteiger partial charge in [-0.25, -0.2) is 8.78 Å². The molecular formula is C12H14ClF2NO3. The Hall–Kier alpha value is -1.40. The van der Waals surface area contributed by atoms with Gasteiger partial charge in [-0.15, -0.1) is 0 Å². The molecule has 1 amide bonds. The van der Waals surface area contributed by atoms with Gasteiger partial charge in [0.1, 0.15) is 11.9 Å². The minimum atomic E-state index is -2.89. The lowest BCUT2D eigenvalue weighted by molar-refractivity contribution is -0.124. The highest BCUT2D eigenvalue weighted by Gasteiger charge is 2.17. The lowest BCUT2D eigenvalue weighted by Crippen LogP contribution is -2.38. The highest BCUT2D eigenvalue weighted by atomic mass is 35.5. The minimum absolute atomic E-state index is 0.321. The van der Waals surface area contributed by atoms with Crippen molar-refractivity contribution in [1.29, 1.82) is 0 Å². The summed E-state index contributed by atoms with van der Waals surface area (Å²) >= 11 is 5.76. The molecule has 1 aromatic carbocycles. The summed E-state index contributed by atoms with van der Waals surface area (Å²) in [7, 11) is 0. The molecule has 0 fully saturated rings. The van der Waals surface area contributed by atoms with Gasteiger partial charge in [0.05, 0.1) is 0 Å². The summed E-state index contributed by atoms with van der Waals surface area (Å²) in [5, 5.41) is 11.5. The lowest BCUT2D eigenvalue weighted by Gasteiger charge is -2.12. The van der Waals surface area contributed by atoms with Gasteiger partial charge in [-0.2, -0.15) is 0 Å². The molecule has 0 saturated heterocycles. The zero-order valence-electron chi connectivity index (χ0n) is 10.2. The van der Waals surface area contributed by atoms with Crippen molar-refractivity contribution in [3.8, 4) is 5.75 Å². The summed E-state index contributed by atoms with van der Waals surface area (Å²) in [5.74, 6) is -0.108. The topological polar surface area (TPSA) is 58.6 Å². The fraction of sp³-hybridized carbons (Fsp3) is 0.417. The average Bonchev–Trinajstić information content (AvgIpc) is 2.34. The number of hydrogen-bond donors (Lipinski definition) is 2. The van der Waals surface area contributed by atoms with E-state index >= 15 is 0 Å². The minimum Gasteiger partial charge on any atom is -0.484 e. The number of rotatable bonds is 6. The third-order valence-corrected chi connectivity index (χ3v) is 2.53. The van der Waals surface area contributed by atoms with Crippen LogP contribution in [0.2, 0.25) is 5.02 Å². The first-order chi connectivity index (χ1) is 8.90. The first-order valence-corrected chi connectivity index (χ1v) is 5.90. The van der Waals surface area contributed by atoms with Crippen LogP contribution in [0, 0.1) is 6.92 Å². The number of aliphatic hydroxyl groups excluding tert-OH is 1. The fourth-order valence-electron chi connectivity index (χ4n) is 1.28. The maximum absolute atomic E-state index is 12.0. The van der Waals surface area contributed by atoms with Crippen LogP contribution in [0.1, 0.15) is 5.56 Å². The zero-order valence-corrected chi connectivity index (χ0v) is 11.0. The van der Waals surface area contributed by atoms with Crippen LogP contribution in [0.3, 0.4) is 0 Å². The molecule has 0 aromatic heterocycles. The number of carbonyl (C=O) groups is 1. The van der Waals surface area contributed by atoms with E-state index in [1.54, 1.807) is 25.1 Å². The third-order valence-electron chi connectivity index (χ3n) is 2.29. The summed E-state index contributed by atoms with van der Waals surface area (Å²) in [6.45, 7) is 0.928. The van der Waals surface area contributed by atoms with Crippen LogP contribution >= 0.6 is 11.6 Å². The highest BCUT2D eigenvalue weighted by Crippen LogP contribution is 2.21. The van der Waals surface area contributed by atoms with Crippen LogP contribution in [0.4, 0.5) is 8.78 Å². The molecule has 0 spiro atoms. The van der Waals surface area contributed by atoms with E-state index in [2.05, 4.69) is 5.32 Å². The van der Waals surface area contributed by atoms with Crippen LogP contribution in [-0.2, 0) is 4.79 Å². The van der Waals surface area contributed by atoms with Crippen molar-refractivity contribution in [1.82, 2.24) is 5.32 Å². The summed E-state index contributed by atoms with van der Waals surface area (Å²) in [6, 6.07) is 4.90. The normalized spacial score (nSPS) is 12.3. The Morgan fingerprint density at radius 2 is 2.21 bits per heavy atom. The second-order valence-electron chi connectivity index (χ2n) is 3.90. The number of amides is 1. The molecular weight excluding hydrogens is 280 g/mol. The van der Waals surface area contributed by atoms with E-state index in [1.165, 1.54) is 0 Å². The number of hydrogen-bond acceptors (Lipinski definition) is 3. The Morgan fingerprint density at radius 3 is 2.79 bits per heavy atom. The second kappa shape index (κ2) is 7.25. The number of halogens is 3. The molecule has 106 valence electrons. The Kier molecular flexibility index (Phi) is 5.98. The standard InChI is InChI=1S/C12H14ClF2NO3/c1-7-4-8(13)2-3-10(7)19-6-11(18)16-5-9(17)12(14)15/h2-4,9,12,17H,5-6H2,1H3,(H,16,18). The molecule has 4 nitrogen and oxygen atoms in total. The van der Waals surface area contributed by atoms with Crippen molar-refractivity contribution in [2.24, 2.45) is 0 Å². The quantitative estimate of drug-likeness (QED) is 0.840. The molecule has 0 heterocycles. The van der Waals surface area contributed by atoms with Crippen molar-refractivity contribution in [2.45, 2.75) is 19.5 Å². The van der Waals surface area contributed by atoms with Gasteiger partial charge in [-0.05, 0) is 30.7 Å². The van der Waals surface area contributed by atoms with Crippen LogP contribution in [0.5, 0.6) is 5.75 Å². The number of ether oxygens (including phenoxy) is 1. The maximum Gasteiger partial charge on any atom is 0.265 e. The van der Waals surface area contributed by atoms with Crippen molar-refractivity contribution >= 4 is 17.5 Å². The fourth-order valence-corrected chi connectivity index (χ4v) is 1.50. The predicted molar refractivity (Wildman–Crippen MR) is 66.7 cm³/mol. The van der Waals surface area contributed by atoms with E-state index in [0.29, 0.717) is 10.8 Å². The van der Waals surface area contributed by atoms with E-state index in [9.17, 15) is 13.6 Å². The van der Waals surface area contributed by atoms with Crippen LogP contribution in [0.15, 0.2) is 18.2 Å². The molecule has 0 saturated carbocycles. The van der Waals surface area contributed by atoms with Gasteiger partial charge in [0, 0.05) is 11.6 Å². The predicted octanol–water partition coefficient (Wildman–Crippen LogP) is 1.77. The van der Waals surface area contributed by atoms with Gasteiger partial charge in [0.15, 0.2) is 6.61 Å². The molecule has 0 aliphatic carbocycles. The largest absolute Gasteiger partial charge is 0.484 e. The number of aryl methyl sites for hydroxylation is 1. The van der Waals surface area contributed by atoms with Gasteiger partial charge in [0.2, 0.25) is 0 Å². The third kappa shape index (κ3) is 5.40. The monoisotopic (exact) mass is 293 g/mol. The van der Waals surface area contributed by atoms with E-state index in [-0.39, 0.29) is 6.61 Å². The summed E-state index contributed by atoms with van der Waals surface area (Å²) in [5.41, 5.74) is 0.757. The molecule has 1 aromatic rings. The van der Waals surface area contributed by atoms with Gasteiger partial charge >= 0.3 is 0 Å². The van der Waals surface area contributed by atoms with E-state index in [4.69, 9.17) is 21.4 Å². The molecule has 7 heteroatoms. The molecule has 0 aliphatic rings. The molecule has 1 atom stereocenters. The van der Waals surface area contributed by atoms with Crippen molar-refractivity contribution in [3.05, 3.63) is 28.8 Å². The Bertz CT molecular complexity index is 443. The highest BCUT2D eigenvalue weighted by molar-refractivity contribution is 6.30. The molecule has 2 N–H and O–H groups in total. The maximum atomic E-state index is 12.0. The molecule has 1 unspecified atom stereocenters. The summed E-state index contributed by atoms with van der Waals surface area (Å²) < 4.78 is 29.2. The van der Waals surface area contributed by atoms with Crippen molar-refractivity contribution < 1.29 is 23.4 Å². The number of aliphatic hydroxyl groups is 1. The summed E-state index contributed by atoms with van der Waals surface area (Å²) in [4.78, 5) is 11.3. The number of nitrogens with one attached hydrogen (secondary N) is 1. The smallest absolute Gasteiger partial charge is 0.265 e. The second-order valence-corrected chi connectivity index (χ2v) is 4.34. The van der Waals surface area contributed by atoms with Gasteiger partial charge in [-0.3, -0.25) is 4.79 Å². The molecule has 19 heavy (non-hydrogen) atoms. The first-order valence-electron chi connectivity index (χ1n) is 5.52. The van der Waals surface area contributed by atoms with E-state index < -0.39 is 25.0 Å². The molecule has 0 radical (unpaired) electrons. The van der Waals surface area contributed by atoms with E-state index in [1.807, 2.05) is 0 Å². The first kappa shape index (κ1) is 15.7. The van der Waals surface area contributed by atoms with Crippen LogP contribution < -0.4 is 10.1 Å². The Morgan fingerprint density at radius 1 is 1.53 bits per heavy atom. The Balaban J connectivity index is 2.38. The van der Waals surface area contributed by atoms with Gasteiger partial charge < -0.3 is 15.2 Å². The SMILES string of the molecule is Cc1cc(Cl)ccc1OCC(=O)NCC(O)C(F)F. The number of alkyl halides is 2. The lowest BCUT2D eigenvalue weighted by atomic mass is 10.2. The van der Waals surface area contributed by atoms with Crippen molar-refractivity contribution in [3.63, 3.8) is 0 Å². The summed E-state index contributed by atoms with van der Waals surface area (Å²) in [6.07, 6.45) is -4.76. The van der Waals surface area contributed by atoms with Gasteiger partial charge in [0.25, 0.3) is 12.3 Å². The average molecular weight is 294 g/mol. The van der Waals surface area contributed by atoms with E-state index in [0.717, 1.165) is 5.56 Å². The molecule has 0 bridgehead atoms. The molecule has 0 aliphatic heterocycles. The van der Waals surface area contributed by atoms with Crippen molar-refractivity contribution in [2.75, 3.05) is 13.2 Å². The van der Waals surface area contributed by atoms with Gasteiger partial charge in [-0.1, -0.05) is 11.6 Å². The van der Waals surface area contributed by atoms with Crippen LogP contribution in [-0.4, -0.2) is 36.7 Å². The molecule has 1 rings (SSSR count).